The maximum atomic E-state index is 5.73. The molecule has 0 fully saturated rings. The van der Waals surface area contributed by atoms with E-state index >= 15 is 0 Å². The molecular weight excluding hydrogens is 150 g/mol. The number of aliphatic imine (C=N–C) groups is 1. The Bertz CT molecular complexity index is 316. The molecular formula is C9H13N3. The number of rotatable bonds is 1. The van der Waals surface area contributed by atoms with Gasteiger partial charge in [0.25, 0.3) is 0 Å². The summed E-state index contributed by atoms with van der Waals surface area (Å²) >= 11 is 0. The minimum absolute atomic E-state index is 0.715. The van der Waals surface area contributed by atoms with Gasteiger partial charge in [0.15, 0.2) is 0 Å². The van der Waals surface area contributed by atoms with E-state index in [2.05, 4.69) is 4.99 Å². The third kappa shape index (κ3) is 1.39. The van der Waals surface area contributed by atoms with Gasteiger partial charge in [0.2, 0.25) is 0 Å². The first-order valence-electron chi connectivity index (χ1n) is 3.73. The third-order valence-electron chi connectivity index (χ3n) is 1.85. The van der Waals surface area contributed by atoms with Crippen LogP contribution in [0.4, 0.5) is 11.4 Å². The van der Waals surface area contributed by atoms with Crippen molar-refractivity contribution in [2.75, 3.05) is 18.5 Å². The van der Waals surface area contributed by atoms with Gasteiger partial charge < -0.3 is 11.5 Å². The summed E-state index contributed by atoms with van der Waals surface area (Å²) < 4.78 is 0. The van der Waals surface area contributed by atoms with Crippen LogP contribution in [0.5, 0.6) is 0 Å². The van der Waals surface area contributed by atoms with Crippen LogP contribution in [0.3, 0.4) is 0 Å². The zero-order valence-electron chi connectivity index (χ0n) is 7.33. The maximum absolute atomic E-state index is 5.73. The molecule has 3 nitrogen and oxygen atoms in total. The van der Waals surface area contributed by atoms with Gasteiger partial charge in [-0.2, -0.15) is 0 Å². The average molecular weight is 163 g/mol. The van der Waals surface area contributed by atoms with E-state index in [1.165, 1.54) is 0 Å². The summed E-state index contributed by atoms with van der Waals surface area (Å²) in [7, 11) is 1.71. The van der Waals surface area contributed by atoms with Crippen molar-refractivity contribution in [1.29, 1.82) is 0 Å². The van der Waals surface area contributed by atoms with Crippen LogP contribution < -0.4 is 11.5 Å². The van der Waals surface area contributed by atoms with Crippen LogP contribution in [-0.2, 0) is 0 Å². The Hall–Kier alpha value is -1.51. The number of nitrogens with zero attached hydrogens (tertiary/aromatic N) is 1. The molecule has 0 radical (unpaired) electrons. The summed E-state index contributed by atoms with van der Waals surface area (Å²) in [4.78, 5) is 3.91. The van der Waals surface area contributed by atoms with Crippen molar-refractivity contribution in [1.82, 2.24) is 0 Å². The van der Waals surface area contributed by atoms with Gasteiger partial charge in [-0.05, 0) is 24.6 Å². The highest BCUT2D eigenvalue weighted by Crippen LogP contribution is 2.20. The first-order valence-corrected chi connectivity index (χ1v) is 3.73. The van der Waals surface area contributed by atoms with Gasteiger partial charge in [-0.15, -0.1) is 0 Å². The smallest absolute Gasteiger partial charge is 0.0407 e. The molecule has 0 spiro atoms. The Morgan fingerprint density at radius 1 is 1.25 bits per heavy atom. The standard InChI is InChI=1S/C9H13N3/c1-6-7(5-12-2)9(11)4-3-8(6)10/h3-5H,10-11H2,1-2H3. The van der Waals surface area contributed by atoms with Gasteiger partial charge >= 0.3 is 0 Å². The quantitative estimate of drug-likeness (QED) is 0.482. The lowest BCUT2D eigenvalue weighted by molar-refractivity contribution is 1.41. The number of anilines is 2. The van der Waals surface area contributed by atoms with Crippen LogP contribution in [0.1, 0.15) is 11.1 Å². The molecule has 1 rings (SSSR count). The predicted molar refractivity (Wildman–Crippen MR) is 53.5 cm³/mol. The van der Waals surface area contributed by atoms with Crippen molar-refractivity contribution in [3.05, 3.63) is 23.3 Å². The van der Waals surface area contributed by atoms with E-state index in [0.29, 0.717) is 5.69 Å². The van der Waals surface area contributed by atoms with Crippen molar-refractivity contribution in [3.63, 3.8) is 0 Å². The Labute approximate surface area is 72.1 Å². The fraction of sp³-hybridized carbons (Fsp3) is 0.222. The Balaban J connectivity index is 3.32. The second kappa shape index (κ2) is 3.26. The van der Waals surface area contributed by atoms with E-state index in [-0.39, 0.29) is 0 Å². The van der Waals surface area contributed by atoms with Gasteiger partial charge in [-0.3, -0.25) is 4.99 Å². The number of nitrogen functional groups attached to an aromatic ring is 2. The topological polar surface area (TPSA) is 64.4 Å². The molecule has 0 saturated heterocycles. The Kier molecular flexibility index (Phi) is 2.33. The molecule has 1 aromatic rings. The summed E-state index contributed by atoms with van der Waals surface area (Å²) in [5.74, 6) is 0. The van der Waals surface area contributed by atoms with Gasteiger partial charge in [0.05, 0.1) is 0 Å². The molecule has 12 heavy (non-hydrogen) atoms. The van der Waals surface area contributed by atoms with Crippen LogP contribution in [0.2, 0.25) is 0 Å². The zero-order chi connectivity index (χ0) is 9.14. The predicted octanol–water partition coefficient (Wildman–Crippen LogP) is 1.21. The first-order chi connectivity index (χ1) is 5.66. The van der Waals surface area contributed by atoms with Gasteiger partial charge in [-0.25, -0.2) is 0 Å². The monoisotopic (exact) mass is 163 g/mol. The molecule has 0 unspecified atom stereocenters. The molecule has 0 aromatic heterocycles. The molecule has 64 valence electrons. The van der Waals surface area contributed by atoms with Crippen molar-refractivity contribution in [2.24, 2.45) is 4.99 Å². The van der Waals surface area contributed by atoms with Gasteiger partial charge in [0, 0.05) is 30.2 Å². The Morgan fingerprint density at radius 3 is 2.42 bits per heavy atom. The van der Waals surface area contributed by atoms with Crippen LogP contribution in [0.15, 0.2) is 17.1 Å². The van der Waals surface area contributed by atoms with Gasteiger partial charge in [0.1, 0.15) is 0 Å². The van der Waals surface area contributed by atoms with Crippen LogP contribution in [-0.4, -0.2) is 13.3 Å². The lowest BCUT2D eigenvalue weighted by atomic mass is 10.1. The third-order valence-corrected chi connectivity index (χ3v) is 1.85. The van der Waals surface area contributed by atoms with E-state index in [0.717, 1.165) is 16.8 Å². The summed E-state index contributed by atoms with van der Waals surface area (Å²) in [6, 6.07) is 3.59. The molecule has 0 saturated carbocycles. The second-order valence-electron chi connectivity index (χ2n) is 2.67. The minimum atomic E-state index is 0.715. The fourth-order valence-corrected chi connectivity index (χ4v) is 1.07. The molecule has 0 heterocycles. The molecule has 0 aliphatic rings. The van der Waals surface area contributed by atoms with Crippen molar-refractivity contribution < 1.29 is 0 Å². The molecule has 0 bridgehead atoms. The summed E-state index contributed by atoms with van der Waals surface area (Å²) in [6.45, 7) is 1.93. The largest absolute Gasteiger partial charge is 0.398 e. The molecule has 0 atom stereocenters. The molecule has 0 aliphatic heterocycles. The number of hydrogen-bond acceptors (Lipinski definition) is 3. The molecule has 0 aliphatic carbocycles. The maximum Gasteiger partial charge on any atom is 0.0407 e. The Morgan fingerprint density at radius 2 is 1.83 bits per heavy atom. The lowest BCUT2D eigenvalue weighted by Gasteiger charge is -2.06. The lowest BCUT2D eigenvalue weighted by Crippen LogP contribution is -2.00. The highest BCUT2D eigenvalue weighted by molar-refractivity contribution is 5.90. The SMILES string of the molecule is CN=Cc1c(N)ccc(N)c1C. The van der Waals surface area contributed by atoms with Gasteiger partial charge in [-0.1, -0.05) is 0 Å². The highest BCUT2D eigenvalue weighted by Gasteiger charge is 2.02. The molecule has 1 aromatic carbocycles. The summed E-state index contributed by atoms with van der Waals surface area (Å²) in [5.41, 5.74) is 14.8. The van der Waals surface area contributed by atoms with E-state index in [1.54, 1.807) is 25.4 Å². The molecule has 4 N–H and O–H groups in total. The summed E-state index contributed by atoms with van der Waals surface area (Å²) in [6.07, 6.45) is 1.72. The fourth-order valence-electron chi connectivity index (χ4n) is 1.07. The van der Waals surface area contributed by atoms with E-state index < -0.39 is 0 Å². The molecule has 3 heteroatoms. The van der Waals surface area contributed by atoms with Crippen molar-refractivity contribution in [3.8, 4) is 0 Å². The van der Waals surface area contributed by atoms with Crippen molar-refractivity contribution >= 4 is 17.6 Å². The second-order valence-corrected chi connectivity index (χ2v) is 2.67. The summed E-state index contributed by atoms with van der Waals surface area (Å²) in [5, 5.41) is 0. The first kappa shape index (κ1) is 8.59. The normalized spacial score (nSPS) is 10.8. The van der Waals surface area contributed by atoms with E-state index in [9.17, 15) is 0 Å². The zero-order valence-corrected chi connectivity index (χ0v) is 7.33. The molecule has 0 amide bonds. The average Bonchev–Trinajstić information content (AvgIpc) is 2.06. The van der Waals surface area contributed by atoms with Crippen molar-refractivity contribution in [2.45, 2.75) is 6.92 Å². The van der Waals surface area contributed by atoms with E-state index in [1.807, 2.05) is 6.92 Å². The minimum Gasteiger partial charge on any atom is -0.398 e. The highest BCUT2D eigenvalue weighted by atomic mass is 14.7. The number of nitrogens with two attached hydrogens (primary N) is 2. The van der Waals surface area contributed by atoms with E-state index in [4.69, 9.17) is 11.5 Å². The van der Waals surface area contributed by atoms with Crippen LogP contribution in [0, 0.1) is 6.92 Å². The number of hydrogen-bond donors (Lipinski definition) is 2. The van der Waals surface area contributed by atoms with Crippen LogP contribution in [0.25, 0.3) is 0 Å². The number of benzene rings is 1. The van der Waals surface area contributed by atoms with Crippen LogP contribution >= 0.6 is 0 Å².